The van der Waals surface area contributed by atoms with E-state index in [1.165, 1.54) is 12.1 Å². The Morgan fingerprint density at radius 1 is 1.25 bits per heavy atom. The van der Waals surface area contributed by atoms with Crippen molar-refractivity contribution < 1.29 is 8.78 Å². The van der Waals surface area contributed by atoms with Crippen LogP contribution in [-0.2, 0) is 0 Å². The third-order valence-corrected chi connectivity index (χ3v) is 3.51. The molecule has 0 aliphatic carbocycles. The zero-order chi connectivity index (χ0) is 15.3. The predicted molar refractivity (Wildman–Crippen MR) is 78.5 cm³/mol. The topological polar surface area (TPSA) is 32.5 Å². The minimum absolute atomic E-state index is 0.230. The number of nitrogens with two attached hydrogens (primary N) is 1. The van der Waals surface area contributed by atoms with Gasteiger partial charge in [0.15, 0.2) is 0 Å². The van der Waals surface area contributed by atoms with Crippen LogP contribution in [0, 0.1) is 11.6 Å². The van der Waals surface area contributed by atoms with Gasteiger partial charge in [0.1, 0.15) is 11.6 Å². The molecule has 3 nitrogen and oxygen atoms in total. The van der Waals surface area contributed by atoms with Gasteiger partial charge < -0.3 is 10.6 Å². The van der Waals surface area contributed by atoms with E-state index in [0.29, 0.717) is 12.1 Å². The number of nitrogens with zero attached hydrogens (tertiary/aromatic N) is 2. The van der Waals surface area contributed by atoms with Crippen molar-refractivity contribution in [3.05, 3.63) is 35.4 Å². The SMILES string of the molecule is CCN(C(C)CN(C)C)C(CN)c1ccc(F)cc1F. The number of benzene rings is 1. The van der Waals surface area contributed by atoms with Crippen molar-refractivity contribution in [3.8, 4) is 0 Å². The van der Waals surface area contributed by atoms with Crippen LogP contribution >= 0.6 is 0 Å². The molecule has 0 saturated heterocycles. The van der Waals surface area contributed by atoms with Crippen LogP contribution in [0.15, 0.2) is 18.2 Å². The Hall–Kier alpha value is -1.04. The molecule has 0 amide bonds. The van der Waals surface area contributed by atoms with Gasteiger partial charge in [-0.05, 0) is 33.6 Å². The van der Waals surface area contributed by atoms with E-state index in [4.69, 9.17) is 5.73 Å². The highest BCUT2D eigenvalue weighted by molar-refractivity contribution is 5.23. The molecule has 0 radical (unpaired) electrons. The highest BCUT2D eigenvalue weighted by atomic mass is 19.1. The van der Waals surface area contributed by atoms with Gasteiger partial charge in [0, 0.05) is 30.8 Å². The first-order chi connectivity index (χ1) is 9.40. The van der Waals surface area contributed by atoms with Crippen LogP contribution in [0.2, 0.25) is 0 Å². The third kappa shape index (κ3) is 4.23. The highest BCUT2D eigenvalue weighted by Crippen LogP contribution is 2.25. The van der Waals surface area contributed by atoms with E-state index in [1.54, 1.807) is 0 Å². The first kappa shape index (κ1) is 17.0. The van der Waals surface area contributed by atoms with Gasteiger partial charge in [0.2, 0.25) is 0 Å². The van der Waals surface area contributed by atoms with Gasteiger partial charge in [0.05, 0.1) is 6.04 Å². The van der Waals surface area contributed by atoms with Crippen molar-refractivity contribution in [2.45, 2.75) is 25.9 Å². The van der Waals surface area contributed by atoms with Gasteiger partial charge in [-0.3, -0.25) is 4.90 Å². The molecule has 0 aliphatic rings. The van der Waals surface area contributed by atoms with Gasteiger partial charge in [-0.2, -0.15) is 0 Å². The number of hydrogen-bond acceptors (Lipinski definition) is 3. The van der Waals surface area contributed by atoms with Crippen LogP contribution in [-0.4, -0.2) is 49.6 Å². The van der Waals surface area contributed by atoms with Gasteiger partial charge in [-0.25, -0.2) is 8.78 Å². The van der Waals surface area contributed by atoms with Crippen molar-refractivity contribution in [1.29, 1.82) is 0 Å². The third-order valence-electron chi connectivity index (χ3n) is 3.51. The first-order valence-corrected chi connectivity index (χ1v) is 6.96. The Bertz CT molecular complexity index is 424. The van der Waals surface area contributed by atoms with E-state index in [2.05, 4.69) is 16.7 Å². The Morgan fingerprint density at radius 3 is 2.35 bits per heavy atom. The van der Waals surface area contributed by atoms with E-state index in [1.807, 2.05) is 21.0 Å². The summed E-state index contributed by atoms with van der Waals surface area (Å²) in [5.74, 6) is -1.10. The molecule has 0 aliphatic heterocycles. The maximum Gasteiger partial charge on any atom is 0.130 e. The van der Waals surface area contributed by atoms with E-state index < -0.39 is 11.6 Å². The summed E-state index contributed by atoms with van der Waals surface area (Å²) in [6.45, 7) is 6.03. The molecule has 0 saturated carbocycles. The summed E-state index contributed by atoms with van der Waals surface area (Å²) in [7, 11) is 4.00. The Labute approximate surface area is 120 Å². The Morgan fingerprint density at radius 2 is 1.90 bits per heavy atom. The summed E-state index contributed by atoms with van der Waals surface area (Å²) in [5.41, 5.74) is 6.30. The molecular weight excluding hydrogens is 260 g/mol. The van der Waals surface area contributed by atoms with Crippen molar-refractivity contribution in [3.63, 3.8) is 0 Å². The van der Waals surface area contributed by atoms with Crippen molar-refractivity contribution in [2.24, 2.45) is 5.73 Å². The van der Waals surface area contributed by atoms with Crippen LogP contribution in [0.3, 0.4) is 0 Å². The minimum Gasteiger partial charge on any atom is -0.329 e. The lowest BCUT2D eigenvalue weighted by atomic mass is 10.0. The molecule has 2 atom stereocenters. The molecule has 0 aromatic heterocycles. The molecular formula is C15H25F2N3. The molecule has 0 bridgehead atoms. The van der Waals surface area contributed by atoms with E-state index in [0.717, 1.165) is 19.2 Å². The predicted octanol–water partition coefficient (Wildman–Crippen LogP) is 2.24. The summed E-state index contributed by atoms with van der Waals surface area (Å²) < 4.78 is 27.0. The van der Waals surface area contributed by atoms with E-state index in [9.17, 15) is 8.78 Å². The van der Waals surface area contributed by atoms with Crippen LogP contribution in [0.1, 0.15) is 25.5 Å². The van der Waals surface area contributed by atoms with Crippen LogP contribution in [0.5, 0.6) is 0 Å². The number of halogens is 2. The fraction of sp³-hybridized carbons (Fsp3) is 0.600. The lowest BCUT2D eigenvalue weighted by Gasteiger charge is -2.36. The summed E-state index contributed by atoms with van der Waals surface area (Å²) in [6, 6.07) is 3.69. The molecule has 2 unspecified atom stereocenters. The normalized spacial score (nSPS) is 14.8. The smallest absolute Gasteiger partial charge is 0.130 e. The lowest BCUT2D eigenvalue weighted by molar-refractivity contribution is 0.128. The van der Waals surface area contributed by atoms with Gasteiger partial charge >= 0.3 is 0 Å². The molecule has 20 heavy (non-hydrogen) atoms. The summed E-state index contributed by atoms with van der Waals surface area (Å²) >= 11 is 0. The second-order valence-corrected chi connectivity index (χ2v) is 5.36. The molecule has 114 valence electrons. The second kappa shape index (κ2) is 7.67. The Kier molecular flexibility index (Phi) is 6.52. The number of rotatable bonds is 7. The van der Waals surface area contributed by atoms with E-state index in [-0.39, 0.29) is 12.1 Å². The van der Waals surface area contributed by atoms with Crippen LogP contribution in [0.4, 0.5) is 8.78 Å². The zero-order valence-corrected chi connectivity index (χ0v) is 12.7. The molecule has 1 aromatic carbocycles. The average molecular weight is 285 g/mol. The second-order valence-electron chi connectivity index (χ2n) is 5.36. The fourth-order valence-corrected chi connectivity index (χ4v) is 2.69. The maximum atomic E-state index is 14.0. The monoisotopic (exact) mass is 285 g/mol. The summed E-state index contributed by atoms with van der Waals surface area (Å²) in [6.07, 6.45) is 0. The van der Waals surface area contributed by atoms with Crippen molar-refractivity contribution in [2.75, 3.05) is 33.7 Å². The molecule has 0 heterocycles. The lowest BCUT2D eigenvalue weighted by Crippen LogP contribution is -2.44. The van der Waals surface area contributed by atoms with Crippen LogP contribution < -0.4 is 5.73 Å². The number of hydrogen-bond donors (Lipinski definition) is 1. The number of likely N-dealkylation sites (N-methyl/N-ethyl adjacent to an activating group) is 2. The van der Waals surface area contributed by atoms with Gasteiger partial charge in [0.25, 0.3) is 0 Å². The van der Waals surface area contributed by atoms with E-state index >= 15 is 0 Å². The minimum atomic E-state index is -0.564. The highest BCUT2D eigenvalue weighted by Gasteiger charge is 2.25. The first-order valence-electron chi connectivity index (χ1n) is 6.96. The molecule has 0 spiro atoms. The van der Waals surface area contributed by atoms with Gasteiger partial charge in [-0.1, -0.05) is 13.0 Å². The fourth-order valence-electron chi connectivity index (χ4n) is 2.69. The maximum absolute atomic E-state index is 14.0. The molecule has 0 fully saturated rings. The molecule has 1 aromatic rings. The van der Waals surface area contributed by atoms with Gasteiger partial charge in [-0.15, -0.1) is 0 Å². The molecule has 5 heteroatoms. The summed E-state index contributed by atoms with van der Waals surface area (Å²) in [4.78, 5) is 4.23. The summed E-state index contributed by atoms with van der Waals surface area (Å²) in [5, 5.41) is 0. The zero-order valence-electron chi connectivity index (χ0n) is 12.7. The quantitative estimate of drug-likeness (QED) is 0.834. The van der Waals surface area contributed by atoms with Crippen LogP contribution in [0.25, 0.3) is 0 Å². The Balaban J connectivity index is 3.02. The van der Waals surface area contributed by atoms with Crippen molar-refractivity contribution in [1.82, 2.24) is 9.80 Å². The average Bonchev–Trinajstić information content (AvgIpc) is 2.35. The van der Waals surface area contributed by atoms with Crippen molar-refractivity contribution >= 4 is 0 Å². The molecule has 2 N–H and O–H groups in total. The molecule has 1 rings (SSSR count). The standard InChI is InChI=1S/C15H25F2N3/c1-5-20(11(2)10-19(3)4)15(9-18)13-7-6-12(16)8-14(13)17/h6-8,11,15H,5,9-10,18H2,1-4H3. The largest absolute Gasteiger partial charge is 0.329 e.